The Labute approximate surface area is 151 Å². The Bertz CT molecular complexity index is 615. The summed E-state index contributed by atoms with van der Waals surface area (Å²) in [4.78, 5) is 15.0. The molecule has 0 unspecified atom stereocenters. The molecule has 1 amide bonds. The van der Waals surface area contributed by atoms with Crippen LogP contribution in [0, 0.1) is 24.7 Å². The van der Waals surface area contributed by atoms with Gasteiger partial charge < -0.3 is 5.32 Å². The lowest BCUT2D eigenvalue weighted by atomic mass is 9.97. The zero-order valence-corrected chi connectivity index (χ0v) is 15.7. The van der Waals surface area contributed by atoms with Crippen molar-refractivity contribution in [1.29, 1.82) is 0 Å². The molecule has 0 aromatic carbocycles. The van der Waals surface area contributed by atoms with Crippen LogP contribution in [-0.2, 0) is 18.4 Å². The van der Waals surface area contributed by atoms with Crippen LogP contribution in [0.3, 0.4) is 0 Å². The summed E-state index contributed by atoms with van der Waals surface area (Å²) in [5.41, 5.74) is 2.44. The van der Waals surface area contributed by atoms with Crippen molar-refractivity contribution in [3.05, 3.63) is 17.5 Å². The van der Waals surface area contributed by atoms with E-state index < -0.39 is 0 Å². The minimum absolute atomic E-state index is 0.293. The third-order valence-corrected chi connectivity index (χ3v) is 6.47. The standard InChI is InChI=1S/C20H32N4O/c1-14-17(10-23(2)22-14)11-24-12-18(16-7-8-16)19(13-24)21-20(25)9-15-5-3-4-6-15/h10,15-16,18-19H,3-9,11-13H2,1-2H3,(H,21,25)/t18-,19+/m0/s1. The maximum absolute atomic E-state index is 12.5. The van der Waals surface area contributed by atoms with E-state index in [1.54, 1.807) is 0 Å². The van der Waals surface area contributed by atoms with Gasteiger partial charge >= 0.3 is 0 Å². The normalized spacial score (nSPS) is 27.9. The number of hydrogen-bond acceptors (Lipinski definition) is 3. The highest BCUT2D eigenvalue weighted by molar-refractivity contribution is 5.76. The summed E-state index contributed by atoms with van der Waals surface area (Å²) in [6, 6.07) is 0.346. The first-order chi connectivity index (χ1) is 12.1. The van der Waals surface area contributed by atoms with Crippen LogP contribution in [0.1, 0.15) is 56.2 Å². The van der Waals surface area contributed by atoms with Crippen LogP contribution >= 0.6 is 0 Å². The molecule has 5 heteroatoms. The molecule has 1 N–H and O–H groups in total. The lowest BCUT2D eigenvalue weighted by Crippen LogP contribution is -2.41. The fourth-order valence-electron chi connectivity index (χ4n) is 4.98. The Hall–Kier alpha value is -1.36. The van der Waals surface area contributed by atoms with Gasteiger partial charge in [-0.05, 0) is 50.4 Å². The number of carbonyl (C=O) groups is 1. The first-order valence-electron chi connectivity index (χ1n) is 10.1. The van der Waals surface area contributed by atoms with Crippen LogP contribution in [0.4, 0.5) is 0 Å². The summed E-state index contributed by atoms with van der Waals surface area (Å²) in [5.74, 6) is 2.40. The van der Waals surface area contributed by atoms with E-state index in [2.05, 4.69) is 28.4 Å². The highest BCUT2D eigenvalue weighted by Gasteiger charge is 2.43. The second kappa shape index (κ2) is 7.10. The zero-order chi connectivity index (χ0) is 17.4. The smallest absolute Gasteiger partial charge is 0.220 e. The van der Waals surface area contributed by atoms with E-state index in [9.17, 15) is 4.79 Å². The molecule has 1 aliphatic heterocycles. The Balaban J connectivity index is 1.35. The van der Waals surface area contributed by atoms with Crippen molar-refractivity contribution >= 4 is 5.91 Å². The number of hydrogen-bond donors (Lipinski definition) is 1. The molecule has 3 aliphatic rings. The molecule has 25 heavy (non-hydrogen) atoms. The van der Waals surface area contributed by atoms with Gasteiger partial charge in [0.2, 0.25) is 5.91 Å². The van der Waals surface area contributed by atoms with Gasteiger partial charge in [-0.25, -0.2) is 0 Å². The number of rotatable bonds is 6. The predicted octanol–water partition coefficient (Wildman–Crippen LogP) is 2.64. The van der Waals surface area contributed by atoms with Gasteiger partial charge in [0.25, 0.3) is 0 Å². The van der Waals surface area contributed by atoms with Crippen LogP contribution in [0.15, 0.2) is 6.20 Å². The molecule has 2 aliphatic carbocycles. The lowest BCUT2D eigenvalue weighted by Gasteiger charge is -2.20. The molecule has 4 rings (SSSR count). The number of amides is 1. The van der Waals surface area contributed by atoms with E-state index in [4.69, 9.17) is 0 Å². The van der Waals surface area contributed by atoms with E-state index in [1.165, 1.54) is 44.1 Å². The summed E-state index contributed by atoms with van der Waals surface area (Å²) < 4.78 is 1.90. The quantitative estimate of drug-likeness (QED) is 0.863. The van der Waals surface area contributed by atoms with Gasteiger partial charge in [-0.2, -0.15) is 5.10 Å². The van der Waals surface area contributed by atoms with Crippen LogP contribution < -0.4 is 5.32 Å². The number of aryl methyl sites for hydroxylation is 2. The van der Waals surface area contributed by atoms with E-state index in [0.717, 1.165) is 37.7 Å². The van der Waals surface area contributed by atoms with Gasteiger partial charge in [-0.1, -0.05) is 12.8 Å². The number of aromatic nitrogens is 2. The SMILES string of the molecule is Cc1nn(C)cc1CN1C[C@@H](NC(=O)CC2CCCC2)[C@H](C2CC2)C1. The lowest BCUT2D eigenvalue weighted by molar-refractivity contribution is -0.122. The molecule has 2 saturated carbocycles. The maximum Gasteiger partial charge on any atom is 0.220 e. The van der Waals surface area contributed by atoms with Crippen molar-refractivity contribution in [2.24, 2.45) is 24.8 Å². The monoisotopic (exact) mass is 344 g/mol. The summed E-state index contributed by atoms with van der Waals surface area (Å²) >= 11 is 0. The Morgan fingerprint density at radius 1 is 1.24 bits per heavy atom. The third-order valence-electron chi connectivity index (χ3n) is 6.47. The molecule has 2 atom stereocenters. The van der Waals surface area contributed by atoms with E-state index in [1.807, 2.05) is 11.7 Å². The van der Waals surface area contributed by atoms with Crippen molar-refractivity contribution in [3.63, 3.8) is 0 Å². The van der Waals surface area contributed by atoms with Gasteiger partial charge in [-0.15, -0.1) is 0 Å². The molecule has 1 aromatic heterocycles. The third kappa shape index (κ3) is 4.08. The fraction of sp³-hybridized carbons (Fsp3) is 0.800. The number of likely N-dealkylation sites (tertiary alicyclic amines) is 1. The minimum Gasteiger partial charge on any atom is -0.352 e. The topological polar surface area (TPSA) is 50.2 Å². The molecule has 3 fully saturated rings. The number of nitrogens with zero attached hydrogens (tertiary/aromatic N) is 3. The van der Waals surface area contributed by atoms with Crippen molar-refractivity contribution in [2.75, 3.05) is 13.1 Å². The van der Waals surface area contributed by atoms with Crippen molar-refractivity contribution in [3.8, 4) is 0 Å². The zero-order valence-electron chi connectivity index (χ0n) is 15.7. The molecule has 1 saturated heterocycles. The van der Waals surface area contributed by atoms with Crippen LogP contribution in [-0.4, -0.2) is 39.7 Å². The predicted molar refractivity (Wildman–Crippen MR) is 97.9 cm³/mol. The minimum atomic E-state index is 0.293. The van der Waals surface area contributed by atoms with Gasteiger partial charge in [-0.3, -0.25) is 14.4 Å². The molecule has 2 heterocycles. The van der Waals surface area contributed by atoms with E-state index >= 15 is 0 Å². The van der Waals surface area contributed by atoms with Crippen LogP contribution in [0.5, 0.6) is 0 Å². The summed E-state index contributed by atoms with van der Waals surface area (Å²) in [7, 11) is 1.99. The van der Waals surface area contributed by atoms with E-state index in [-0.39, 0.29) is 0 Å². The first kappa shape index (κ1) is 17.1. The van der Waals surface area contributed by atoms with Gasteiger partial charge in [0.15, 0.2) is 0 Å². The first-order valence-corrected chi connectivity index (χ1v) is 10.1. The van der Waals surface area contributed by atoms with E-state index in [0.29, 0.717) is 23.8 Å². The molecule has 1 aromatic rings. The second-order valence-corrected chi connectivity index (χ2v) is 8.64. The Morgan fingerprint density at radius 2 is 2.00 bits per heavy atom. The Kier molecular flexibility index (Phi) is 4.85. The van der Waals surface area contributed by atoms with Gasteiger partial charge in [0, 0.05) is 50.9 Å². The second-order valence-electron chi connectivity index (χ2n) is 8.64. The molecule has 5 nitrogen and oxygen atoms in total. The summed E-state index contributed by atoms with van der Waals surface area (Å²) in [5, 5.41) is 7.88. The average molecular weight is 345 g/mol. The van der Waals surface area contributed by atoms with Gasteiger partial charge in [0.1, 0.15) is 0 Å². The molecular formula is C20H32N4O. The Morgan fingerprint density at radius 3 is 2.64 bits per heavy atom. The maximum atomic E-state index is 12.5. The van der Waals surface area contributed by atoms with Crippen molar-refractivity contribution in [2.45, 2.75) is 64.5 Å². The summed E-state index contributed by atoms with van der Waals surface area (Å²) in [6.45, 7) is 5.15. The number of carbonyl (C=O) groups excluding carboxylic acids is 1. The number of nitrogens with one attached hydrogen (secondary N) is 1. The molecule has 0 spiro atoms. The fourth-order valence-corrected chi connectivity index (χ4v) is 4.98. The molecular weight excluding hydrogens is 312 g/mol. The molecule has 0 radical (unpaired) electrons. The summed E-state index contributed by atoms with van der Waals surface area (Å²) in [6.07, 6.45) is 10.7. The van der Waals surface area contributed by atoms with Crippen LogP contribution in [0.2, 0.25) is 0 Å². The highest BCUT2D eigenvalue weighted by atomic mass is 16.1. The largest absolute Gasteiger partial charge is 0.352 e. The molecule has 138 valence electrons. The van der Waals surface area contributed by atoms with Crippen molar-refractivity contribution < 1.29 is 4.79 Å². The van der Waals surface area contributed by atoms with Gasteiger partial charge in [0.05, 0.1) is 5.69 Å². The average Bonchev–Trinajstić information content (AvgIpc) is 2.98. The molecule has 0 bridgehead atoms. The van der Waals surface area contributed by atoms with Crippen molar-refractivity contribution in [1.82, 2.24) is 20.0 Å². The highest BCUT2D eigenvalue weighted by Crippen LogP contribution is 2.42. The van der Waals surface area contributed by atoms with Crippen LogP contribution in [0.25, 0.3) is 0 Å².